The quantitative estimate of drug-likeness (QED) is 0.919. The Bertz CT molecular complexity index is 322. The zero-order chi connectivity index (χ0) is 10.7. The van der Waals surface area contributed by atoms with Crippen LogP contribution >= 0.6 is 31.9 Å². The second-order valence-electron chi connectivity index (χ2n) is 3.35. The van der Waals surface area contributed by atoms with Crippen LogP contribution in [-0.2, 0) is 0 Å². The first-order chi connectivity index (χ1) is 6.54. The minimum absolute atomic E-state index is 0.447. The normalized spacial score (nSPS) is 12.6. The molecule has 0 aliphatic rings. The minimum atomic E-state index is 0.447. The third-order valence-corrected chi connectivity index (χ3v) is 3.68. The Morgan fingerprint density at radius 2 is 2.21 bits per heavy atom. The number of hydrogen-bond acceptors (Lipinski definition) is 2. The Hall–Kier alpha value is -0.0600. The molecule has 78 valence electrons. The standard InChI is InChI=1S/C10H13Br2NO/c1-6(2)7(5-13)3-8-4-9(11)10(12)14-8/h3-4,6H,5,13H2,1-2H3. The van der Waals surface area contributed by atoms with E-state index in [2.05, 4.69) is 45.7 Å². The van der Waals surface area contributed by atoms with E-state index in [9.17, 15) is 0 Å². The molecule has 0 aliphatic carbocycles. The summed E-state index contributed by atoms with van der Waals surface area (Å²) in [5, 5.41) is 0. The van der Waals surface area contributed by atoms with Crippen LogP contribution in [-0.4, -0.2) is 6.54 Å². The molecule has 0 fully saturated rings. The van der Waals surface area contributed by atoms with E-state index < -0.39 is 0 Å². The fourth-order valence-corrected chi connectivity index (χ4v) is 1.69. The Labute approximate surface area is 101 Å². The molecule has 1 aromatic rings. The Morgan fingerprint density at radius 1 is 1.57 bits per heavy atom. The number of hydrogen-bond donors (Lipinski definition) is 1. The van der Waals surface area contributed by atoms with Crippen LogP contribution in [0.15, 0.2) is 25.2 Å². The van der Waals surface area contributed by atoms with E-state index in [1.54, 1.807) is 0 Å². The lowest BCUT2D eigenvalue weighted by molar-refractivity contribution is 0.528. The molecule has 14 heavy (non-hydrogen) atoms. The largest absolute Gasteiger partial charge is 0.449 e. The van der Waals surface area contributed by atoms with E-state index in [-0.39, 0.29) is 0 Å². The molecule has 0 saturated carbocycles. The highest BCUT2D eigenvalue weighted by atomic mass is 79.9. The number of halogens is 2. The van der Waals surface area contributed by atoms with Crippen molar-refractivity contribution in [2.75, 3.05) is 6.54 Å². The first-order valence-electron chi connectivity index (χ1n) is 4.40. The first-order valence-corrected chi connectivity index (χ1v) is 5.98. The minimum Gasteiger partial charge on any atom is -0.449 e. The summed E-state index contributed by atoms with van der Waals surface area (Å²) >= 11 is 6.65. The van der Waals surface area contributed by atoms with Gasteiger partial charge in [-0.05, 0) is 49.9 Å². The molecule has 1 rings (SSSR count). The SMILES string of the molecule is CC(C)C(=Cc1cc(Br)c(Br)o1)CN. The van der Waals surface area contributed by atoms with E-state index in [4.69, 9.17) is 10.2 Å². The predicted molar refractivity (Wildman–Crippen MR) is 66.0 cm³/mol. The zero-order valence-electron chi connectivity index (χ0n) is 8.18. The van der Waals surface area contributed by atoms with Gasteiger partial charge in [0, 0.05) is 6.54 Å². The summed E-state index contributed by atoms with van der Waals surface area (Å²) in [7, 11) is 0. The molecule has 0 aromatic carbocycles. The molecule has 0 saturated heterocycles. The molecule has 0 atom stereocenters. The van der Waals surface area contributed by atoms with Crippen LogP contribution in [0.3, 0.4) is 0 Å². The molecule has 1 aromatic heterocycles. The molecule has 0 amide bonds. The summed E-state index contributed by atoms with van der Waals surface area (Å²) in [6.07, 6.45) is 1.99. The Morgan fingerprint density at radius 3 is 2.57 bits per heavy atom. The number of nitrogens with two attached hydrogens (primary N) is 1. The van der Waals surface area contributed by atoms with Gasteiger partial charge in [0.1, 0.15) is 5.76 Å². The van der Waals surface area contributed by atoms with Crippen molar-refractivity contribution in [3.05, 3.63) is 26.5 Å². The van der Waals surface area contributed by atoms with Crippen LogP contribution in [0.4, 0.5) is 0 Å². The second kappa shape index (κ2) is 5.14. The van der Waals surface area contributed by atoms with E-state index in [0.29, 0.717) is 17.1 Å². The van der Waals surface area contributed by atoms with Gasteiger partial charge in [-0.1, -0.05) is 19.4 Å². The third-order valence-electron chi connectivity index (χ3n) is 1.97. The fourth-order valence-electron chi connectivity index (χ4n) is 1.08. The molecule has 4 heteroatoms. The maximum absolute atomic E-state index is 5.63. The lowest BCUT2D eigenvalue weighted by atomic mass is 10.0. The molecule has 0 aliphatic heterocycles. The second-order valence-corrected chi connectivity index (χ2v) is 4.92. The van der Waals surface area contributed by atoms with Crippen LogP contribution in [0, 0.1) is 5.92 Å². The third kappa shape index (κ3) is 2.97. The van der Waals surface area contributed by atoms with Crippen LogP contribution in [0.25, 0.3) is 6.08 Å². The molecule has 0 bridgehead atoms. The molecule has 1 heterocycles. The van der Waals surface area contributed by atoms with Crippen LogP contribution in [0.5, 0.6) is 0 Å². The Kier molecular flexibility index (Phi) is 4.41. The summed E-state index contributed by atoms with van der Waals surface area (Å²) in [6, 6.07) is 1.92. The molecule has 0 radical (unpaired) electrons. The van der Waals surface area contributed by atoms with E-state index in [1.165, 1.54) is 5.57 Å². The summed E-state index contributed by atoms with van der Waals surface area (Å²) in [4.78, 5) is 0. The average molecular weight is 323 g/mol. The van der Waals surface area contributed by atoms with Crippen molar-refractivity contribution in [2.45, 2.75) is 13.8 Å². The summed E-state index contributed by atoms with van der Waals surface area (Å²) < 4.78 is 7.07. The van der Waals surface area contributed by atoms with Gasteiger partial charge in [-0.25, -0.2) is 0 Å². The molecular weight excluding hydrogens is 310 g/mol. The van der Waals surface area contributed by atoms with Gasteiger partial charge >= 0.3 is 0 Å². The fraction of sp³-hybridized carbons (Fsp3) is 0.400. The van der Waals surface area contributed by atoms with Crippen molar-refractivity contribution in [2.24, 2.45) is 11.7 Å². The lowest BCUT2D eigenvalue weighted by Crippen LogP contribution is -2.07. The molecule has 2 N–H and O–H groups in total. The van der Waals surface area contributed by atoms with Gasteiger partial charge in [0.2, 0.25) is 0 Å². The highest BCUT2D eigenvalue weighted by molar-refractivity contribution is 9.13. The van der Waals surface area contributed by atoms with Crippen LogP contribution < -0.4 is 5.73 Å². The summed E-state index contributed by atoms with van der Waals surface area (Å²) in [5.41, 5.74) is 6.81. The smallest absolute Gasteiger partial charge is 0.184 e. The number of furan rings is 1. The van der Waals surface area contributed by atoms with Gasteiger partial charge in [0.15, 0.2) is 4.67 Å². The predicted octanol–water partition coefficient (Wildman–Crippen LogP) is 3.80. The maximum Gasteiger partial charge on any atom is 0.184 e. The highest BCUT2D eigenvalue weighted by Gasteiger charge is 2.06. The topological polar surface area (TPSA) is 39.2 Å². The zero-order valence-corrected chi connectivity index (χ0v) is 11.4. The lowest BCUT2D eigenvalue weighted by Gasteiger charge is -2.06. The van der Waals surface area contributed by atoms with Gasteiger partial charge in [-0.15, -0.1) is 0 Å². The van der Waals surface area contributed by atoms with Crippen molar-refractivity contribution in [3.8, 4) is 0 Å². The van der Waals surface area contributed by atoms with E-state index in [0.717, 1.165) is 10.2 Å². The average Bonchev–Trinajstić information content (AvgIpc) is 2.41. The Balaban J connectivity index is 2.94. The monoisotopic (exact) mass is 321 g/mol. The molecule has 0 spiro atoms. The summed E-state index contributed by atoms with van der Waals surface area (Å²) in [6.45, 7) is 4.80. The van der Waals surface area contributed by atoms with Crippen molar-refractivity contribution in [3.63, 3.8) is 0 Å². The molecule has 2 nitrogen and oxygen atoms in total. The van der Waals surface area contributed by atoms with Gasteiger partial charge in [0.25, 0.3) is 0 Å². The van der Waals surface area contributed by atoms with Gasteiger partial charge in [-0.2, -0.15) is 0 Å². The maximum atomic E-state index is 5.63. The van der Waals surface area contributed by atoms with Crippen molar-refractivity contribution >= 4 is 37.9 Å². The van der Waals surface area contributed by atoms with Crippen molar-refractivity contribution in [1.29, 1.82) is 0 Å². The number of rotatable bonds is 3. The molecule has 0 unspecified atom stereocenters. The molecular formula is C10H13Br2NO. The van der Waals surface area contributed by atoms with E-state index >= 15 is 0 Å². The first kappa shape index (κ1) is 12.0. The van der Waals surface area contributed by atoms with Crippen LogP contribution in [0.2, 0.25) is 0 Å². The van der Waals surface area contributed by atoms with Crippen molar-refractivity contribution < 1.29 is 4.42 Å². The highest BCUT2D eigenvalue weighted by Crippen LogP contribution is 2.28. The van der Waals surface area contributed by atoms with Gasteiger partial charge < -0.3 is 10.2 Å². The van der Waals surface area contributed by atoms with Gasteiger partial charge in [-0.3, -0.25) is 0 Å². The van der Waals surface area contributed by atoms with Crippen LogP contribution in [0.1, 0.15) is 19.6 Å². The van der Waals surface area contributed by atoms with Gasteiger partial charge in [0.05, 0.1) is 4.47 Å². The van der Waals surface area contributed by atoms with E-state index in [1.807, 2.05) is 12.1 Å². The van der Waals surface area contributed by atoms with Crippen molar-refractivity contribution in [1.82, 2.24) is 0 Å². The summed E-state index contributed by atoms with van der Waals surface area (Å²) in [5.74, 6) is 1.26.